The molecule has 0 aliphatic heterocycles. The van der Waals surface area contributed by atoms with Crippen molar-refractivity contribution in [1.29, 1.82) is 0 Å². The number of nitrogens with zero attached hydrogens (tertiary/aromatic N) is 2. The highest BCUT2D eigenvalue weighted by Crippen LogP contribution is 2.35. The van der Waals surface area contributed by atoms with Crippen molar-refractivity contribution >= 4 is 101 Å². The van der Waals surface area contributed by atoms with Crippen molar-refractivity contribution in [2.75, 3.05) is 0 Å². The Balaban J connectivity index is 1.11. The minimum atomic E-state index is -2.87. The number of hydrogen-bond donors (Lipinski definition) is 0. The Bertz CT molecular complexity index is 3530. The second-order valence-electron chi connectivity index (χ2n) is 18.4. The fourth-order valence-electron chi connectivity index (χ4n) is 11.8. The van der Waals surface area contributed by atoms with Gasteiger partial charge in [0.2, 0.25) is 0 Å². The van der Waals surface area contributed by atoms with Gasteiger partial charge in [-0.25, -0.2) is 0 Å². The Kier molecular flexibility index (Phi) is 10.2. The van der Waals surface area contributed by atoms with E-state index < -0.39 is 16.1 Å². The van der Waals surface area contributed by atoms with Crippen molar-refractivity contribution in [3.05, 3.63) is 291 Å². The summed E-state index contributed by atoms with van der Waals surface area (Å²) in [5, 5.41) is 15.9. The second kappa shape index (κ2) is 17.2. The zero-order valence-electron chi connectivity index (χ0n) is 38.6. The van der Waals surface area contributed by atoms with Crippen LogP contribution in [0.15, 0.2) is 291 Å². The first kappa shape index (κ1) is 41.6. The molecule has 0 unspecified atom stereocenters. The SMILES string of the molecule is c1ccc([Si](c2ccccc2)(c2ccccc2)c2ccc3c(c2)c2cc([Si](c4ccccc4)(c4ccccc4)c4ccccc4)ccc2n3-c2ccc(-n3c4ccccc4c4ccccc43)cc2)cc1. The van der Waals surface area contributed by atoms with Crippen LogP contribution < -0.4 is 41.5 Å². The monoisotopic (exact) mass is 924 g/mol. The summed E-state index contributed by atoms with van der Waals surface area (Å²) < 4.78 is 4.91. The lowest BCUT2D eigenvalue weighted by Gasteiger charge is -2.34. The van der Waals surface area contributed by atoms with Crippen LogP contribution in [0, 0.1) is 0 Å². The van der Waals surface area contributed by atoms with Crippen LogP contribution in [-0.4, -0.2) is 25.3 Å². The molecular weight excluding hydrogens is 877 g/mol. The number of hydrogen-bond acceptors (Lipinski definition) is 0. The third kappa shape index (κ3) is 6.45. The Morgan fingerprint density at radius 2 is 0.429 bits per heavy atom. The molecule has 0 spiro atoms. The second-order valence-corrected chi connectivity index (χ2v) is 26.0. The van der Waals surface area contributed by atoms with Gasteiger partial charge in [0.05, 0.1) is 22.1 Å². The summed E-state index contributed by atoms with van der Waals surface area (Å²) in [7, 11) is -5.74. The highest BCUT2D eigenvalue weighted by Gasteiger charge is 2.43. The van der Waals surface area contributed by atoms with E-state index in [2.05, 4.69) is 300 Å². The minimum Gasteiger partial charge on any atom is -0.309 e. The van der Waals surface area contributed by atoms with E-state index in [1.54, 1.807) is 0 Å². The summed E-state index contributed by atoms with van der Waals surface area (Å²) in [5.74, 6) is 0. The molecule has 0 bridgehead atoms. The largest absolute Gasteiger partial charge is 0.309 e. The molecule has 2 heterocycles. The van der Waals surface area contributed by atoms with Gasteiger partial charge < -0.3 is 9.13 Å². The van der Waals surface area contributed by atoms with E-state index in [1.807, 2.05) is 0 Å². The van der Waals surface area contributed by atoms with Crippen LogP contribution in [0.2, 0.25) is 0 Å². The van der Waals surface area contributed by atoms with Crippen molar-refractivity contribution in [3.63, 3.8) is 0 Å². The Morgan fingerprint density at radius 3 is 0.714 bits per heavy atom. The van der Waals surface area contributed by atoms with Crippen molar-refractivity contribution in [2.45, 2.75) is 0 Å². The molecule has 70 heavy (non-hydrogen) atoms. The van der Waals surface area contributed by atoms with Crippen molar-refractivity contribution in [1.82, 2.24) is 9.13 Å². The highest BCUT2D eigenvalue weighted by atomic mass is 28.3. The van der Waals surface area contributed by atoms with Gasteiger partial charge in [0, 0.05) is 32.9 Å². The molecule has 0 aliphatic carbocycles. The van der Waals surface area contributed by atoms with Gasteiger partial charge in [-0.3, -0.25) is 0 Å². The van der Waals surface area contributed by atoms with E-state index in [9.17, 15) is 0 Å². The first-order valence-electron chi connectivity index (χ1n) is 24.3. The van der Waals surface area contributed by atoms with E-state index in [4.69, 9.17) is 0 Å². The summed E-state index contributed by atoms with van der Waals surface area (Å²) in [6.45, 7) is 0. The summed E-state index contributed by atoms with van der Waals surface area (Å²) in [5.41, 5.74) is 7.05. The van der Waals surface area contributed by atoms with E-state index in [0.717, 1.165) is 11.4 Å². The van der Waals surface area contributed by atoms with Crippen LogP contribution in [0.4, 0.5) is 0 Å². The summed E-state index contributed by atoms with van der Waals surface area (Å²) in [6.07, 6.45) is 0. The third-order valence-electron chi connectivity index (χ3n) is 14.8. The van der Waals surface area contributed by atoms with Crippen molar-refractivity contribution in [2.24, 2.45) is 0 Å². The molecule has 0 aliphatic rings. The molecule has 0 N–H and O–H groups in total. The van der Waals surface area contributed by atoms with E-state index >= 15 is 0 Å². The molecule has 0 saturated heterocycles. The van der Waals surface area contributed by atoms with Crippen molar-refractivity contribution in [3.8, 4) is 11.4 Å². The van der Waals surface area contributed by atoms with E-state index in [1.165, 1.54) is 85.1 Å². The summed E-state index contributed by atoms with van der Waals surface area (Å²) in [6, 6.07) is 109. The quantitative estimate of drug-likeness (QED) is 0.0956. The number of rotatable bonds is 10. The molecule has 0 fully saturated rings. The van der Waals surface area contributed by atoms with Crippen LogP contribution in [0.5, 0.6) is 0 Å². The molecule has 2 nitrogen and oxygen atoms in total. The van der Waals surface area contributed by atoms with Crippen LogP contribution in [0.1, 0.15) is 0 Å². The third-order valence-corrected chi connectivity index (χ3v) is 24.4. The average Bonchev–Trinajstić information content (AvgIpc) is 3.96. The predicted molar refractivity (Wildman–Crippen MR) is 302 cm³/mol. The Morgan fingerprint density at radius 1 is 0.186 bits per heavy atom. The molecule has 13 rings (SSSR count). The highest BCUT2D eigenvalue weighted by molar-refractivity contribution is 7.20. The van der Waals surface area contributed by atoms with Gasteiger partial charge in [0.15, 0.2) is 16.1 Å². The Labute approximate surface area is 410 Å². The predicted octanol–water partition coefficient (Wildman–Crippen LogP) is 10.6. The number of benzene rings is 11. The Hall–Kier alpha value is -8.55. The van der Waals surface area contributed by atoms with Gasteiger partial charge >= 0.3 is 0 Å². The van der Waals surface area contributed by atoms with Crippen LogP contribution in [0.25, 0.3) is 55.0 Å². The molecule has 0 amide bonds. The zero-order chi connectivity index (χ0) is 46.5. The van der Waals surface area contributed by atoms with E-state index in [0.29, 0.717) is 0 Å². The van der Waals surface area contributed by atoms with Crippen LogP contribution in [0.3, 0.4) is 0 Å². The van der Waals surface area contributed by atoms with Gasteiger partial charge in [-0.15, -0.1) is 0 Å². The topological polar surface area (TPSA) is 9.86 Å². The number of para-hydroxylation sites is 2. The maximum atomic E-state index is 2.57. The normalized spacial score (nSPS) is 12.0. The average molecular weight is 925 g/mol. The maximum absolute atomic E-state index is 2.87. The molecule has 2 aromatic heterocycles. The lowest BCUT2D eigenvalue weighted by atomic mass is 10.1. The smallest absolute Gasteiger partial charge is 0.179 e. The molecule has 0 atom stereocenters. The standard InChI is InChI=1S/C66H48N2Si2/c1-7-23-51(24-8-1)69(52-25-9-2-10-26-52,53-27-11-3-12-28-53)57-43-45-65-61(47-57)62-48-58(70(54-29-13-4-14-30-54,55-31-15-5-16-32-55)56-33-17-6-18-34-56)44-46-66(62)68(65)50-41-39-49(40-42-50)67-63-37-21-19-35-59(63)60-36-20-22-38-64(60)67/h1-48H. The fourth-order valence-corrected chi connectivity index (χ4v) is 21.4. The van der Waals surface area contributed by atoms with Gasteiger partial charge in [0.1, 0.15) is 0 Å². The van der Waals surface area contributed by atoms with Gasteiger partial charge in [-0.2, -0.15) is 0 Å². The zero-order valence-corrected chi connectivity index (χ0v) is 40.6. The first-order valence-corrected chi connectivity index (χ1v) is 28.3. The van der Waals surface area contributed by atoms with Gasteiger partial charge in [-0.05, 0) is 90.0 Å². The molecule has 0 saturated carbocycles. The molecular formula is C66H48N2Si2. The lowest BCUT2D eigenvalue weighted by Crippen LogP contribution is -2.74. The van der Waals surface area contributed by atoms with Gasteiger partial charge in [-0.1, -0.05) is 243 Å². The fraction of sp³-hybridized carbons (Fsp3) is 0. The van der Waals surface area contributed by atoms with Crippen LogP contribution in [-0.2, 0) is 0 Å². The molecule has 0 radical (unpaired) electrons. The summed E-state index contributed by atoms with van der Waals surface area (Å²) in [4.78, 5) is 0. The van der Waals surface area contributed by atoms with Crippen LogP contribution >= 0.6 is 0 Å². The lowest BCUT2D eigenvalue weighted by molar-refractivity contribution is 1.14. The number of aromatic nitrogens is 2. The summed E-state index contributed by atoms with van der Waals surface area (Å²) >= 11 is 0. The molecule has 11 aromatic carbocycles. The minimum absolute atomic E-state index is 1.13. The maximum Gasteiger partial charge on any atom is 0.179 e. The molecule has 330 valence electrons. The molecule has 13 aromatic rings. The van der Waals surface area contributed by atoms with Gasteiger partial charge in [0.25, 0.3) is 0 Å². The first-order chi connectivity index (χ1) is 34.7. The number of fused-ring (bicyclic) bond motifs is 6. The van der Waals surface area contributed by atoms with E-state index in [-0.39, 0.29) is 0 Å². The van der Waals surface area contributed by atoms with Crippen molar-refractivity contribution < 1.29 is 0 Å². The molecule has 4 heteroatoms.